The summed E-state index contributed by atoms with van der Waals surface area (Å²) in [5.41, 5.74) is 5.05. The number of hydrogen-bond donors (Lipinski definition) is 4. The molecular weight excluding hydrogens is 316 g/mol. The maximum atomic E-state index is 12.1. The van der Waals surface area contributed by atoms with Gasteiger partial charge in [-0.05, 0) is 25.7 Å². The Kier molecular flexibility index (Phi) is 10.8. The molecule has 0 aliphatic heterocycles. The number of nitrogens with two attached hydrogens (primary N) is 1. The van der Waals surface area contributed by atoms with Crippen molar-refractivity contribution in [3.05, 3.63) is 0 Å². The van der Waals surface area contributed by atoms with Gasteiger partial charge in [0, 0.05) is 26.8 Å². The topological polar surface area (TPSA) is 147 Å². The molecular formula is C15H26N4O5. The molecule has 9 heteroatoms. The molecule has 0 saturated heterocycles. The average molecular weight is 342 g/mol. The zero-order chi connectivity index (χ0) is 18.5. The van der Waals surface area contributed by atoms with E-state index in [0.717, 1.165) is 0 Å². The highest BCUT2D eigenvalue weighted by Gasteiger charge is 2.22. The van der Waals surface area contributed by atoms with Crippen LogP contribution < -0.4 is 21.7 Å². The molecule has 0 unspecified atom stereocenters. The van der Waals surface area contributed by atoms with Crippen molar-refractivity contribution in [2.24, 2.45) is 5.73 Å². The summed E-state index contributed by atoms with van der Waals surface area (Å²) >= 11 is 0. The maximum absolute atomic E-state index is 12.1. The molecule has 24 heavy (non-hydrogen) atoms. The molecule has 0 rings (SSSR count). The minimum atomic E-state index is -0.920. The summed E-state index contributed by atoms with van der Waals surface area (Å²) < 4.78 is 0. The monoisotopic (exact) mass is 342 g/mol. The average Bonchev–Trinajstić information content (AvgIpc) is 2.48. The van der Waals surface area contributed by atoms with Crippen LogP contribution in [0.2, 0.25) is 0 Å². The zero-order valence-corrected chi connectivity index (χ0v) is 14.1. The van der Waals surface area contributed by atoms with Gasteiger partial charge in [0.1, 0.15) is 12.3 Å². The van der Waals surface area contributed by atoms with Gasteiger partial charge in [0.05, 0.1) is 6.04 Å². The molecule has 0 aromatic rings. The third kappa shape index (κ3) is 11.2. The van der Waals surface area contributed by atoms with E-state index in [0.29, 0.717) is 32.1 Å². The Hall–Kier alpha value is -2.45. The Morgan fingerprint density at radius 1 is 1.00 bits per heavy atom. The van der Waals surface area contributed by atoms with Crippen LogP contribution >= 0.6 is 0 Å². The molecule has 0 saturated carbocycles. The van der Waals surface area contributed by atoms with Gasteiger partial charge in [0.2, 0.25) is 23.6 Å². The lowest BCUT2D eigenvalue weighted by Crippen LogP contribution is -2.49. The number of carbonyl (C=O) groups is 5. The molecule has 9 nitrogen and oxygen atoms in total. The van der Waals surface area contributed by atoms with Crippen molar-refractivity contribution in [1.82, 2.24) is 16.0 Å². The summed E-state index contributed by atoms with van der Waals surface area (Å²) in [6.07, 6.45) is 2.36. The van der Waals surface area contributed by atoms with Crippen LogP contribution in [-0.2, 0) is 24.0 Å². The lowest BCUT2D eigenvalue weighted by Gasteiger charge is -2.20. The van der Waals surface area contributed by atoms with Crippen LogP contribution in [0, 0.1) is 0 Å². The van der Waals surface area contributed by atoms with Crippen molar-refractivity contribution < 1.29 is 24.0 Å². The fourth-order valence-electron chi connectivity index (χ4n) is 2.01. The maximum Gasteiger partial charge on any atom is 0.243 e. The van der Waals surface area contributed by atoms with Crippen LogP contribution in [0.15, 0.2) is 0 Å². The Balaban J connectivity index is 4.39. The molecule has 0 bridgehead atoms. The summed E-state index contributed by atoms with van der Waals surface area (Å²) in [6, 6.07) is -1.61. The van der Waals surface area contributed by atoms with Crippen LogP contribution in [0.1, 0.15) is 46.0 Å². The van der Waals surface area contributed by atoms with Crippen LogP contribution in [0.3, 0.4) is 0 Å². The van der Waals surface area contributed by atoms with E-state index in [1.54, 1.807) is 0 Å². The quantitative estimate of drug-likeness (QED) is 0.258. The van der Waals surface area contributed by atoms with Crippen molar-refractivity contribution in [3.63, 3.8) is 0 Å². The summed E-state index contributed by atoms with van der Waals surface area (Å²) in [7, 11) is 0. The van der Waals surface area contributed by atoms with Gasteiger partial charge < -0.3 is 26.5 Å². The van der Waals surface area contributed by atoms with Crippen molar-refractivity contribution in [1.29, 1.82) is 0 Å². The van der Waals surface area contributed by atoms with Gasteiger partial charge in [-0.25, -0.2) is 0 Å². The molecule has 2 atom stereocenters. The lowest BCUT2D eigenvalue weighted by atomic mass is 10.1. The predicted octanol–water partition coefficient (Wildman–Crippen LogP) is -1.25. The standard InChI is InChI=1S/C15H26N4O5/c1-10(21)17-8-4-3-5-12(9-20)19-15(24)13(18-11(2)22)6-7-14(16)23/h9,12-13H,3-8H2,1-2H3,(H2,16,23)(H,17,21)(H,18,22)(H,19,24)/t12-,13-/m0/s1. The van der Waals surface area contributed by atoms with Crippen molar-refractivity contribution >= 4 is 29.9 Å². The normalized spacial score (nSPS) is 12.6. The molecule has 0 aromatic carbocycles. The van der Waals surface area contributed by atoms with Gasteiger partial charge in [-0.3, -0.25) is 19.2 Å². The van der Waals surface area contributed by atoms with E-state index in [2.05, 4.69) is 16.0 Å². The van der Waals surface area contributed by atoms with Crippen LogP contribution in [-0.4, -0.2) is 48.5 Å². The number of carbonyl (C=O) groups excluding carboxylic acids is 5. The van der Waals surface area contributed by atoms with E-state index in [-0.39, 0.29) is 18.7 Å². The first kappa shape index (κ1) is 21.6. The van der Waals surface area contributed by atoms with Gasteiger partial charge in [-0.1, -0.05) is 0 Å². The van der Waals surface area contributed by atoms with Gasteiger partial charge in [0.25, 0.3) is 0 Å². The number of aldehydes is 1. The molecule has 0 spiro atoms. The van der Waals surface area contributed by atoms with Crippen molar-refractivity contribution in [2.45, 2.75) is 58.0 Å². The number of amides is 4. The van der Waals surface area contributed by atoms with Gasteiger partial charge >= 0.3 is 0 Å². The second-order valence-electron chi connectivity index (χ2n) is 5.49. The van der Waals surface area contributed by atoms with E-state index in [1.165, 1.54) is 13.8 Å². The fourth-order valence-corrected chi connectivity index (χ4v) is 2.01. The summed E-state index contributed by atoms with van der Waals surface area (Å²) in [4.78, 5) is 55.9. The number of hydrogen-bond acceptors (Lipinski definition) is 5. The highest BCUT2D eigenvalue weighted by molar-refractivity contribution is 5.89. The van der Waals surface area contributed by atoms with Crippen LogP contribution in [0.5, 0.6) is 0 Å². The van der Waals surface area contributed by atoms with Crippen molar-refractivity contribution in [2.75, 3.05) is 6.54 Å². The lowest BCUT2D eigenvalue weighted by molar-refractivity contribution is -0.130. The molecule has 0 aliphatic carbocycles. The van der Waals surface area contributed by atoms with E-state index >= 15 is 0 Å². The van der Waals surface area contributed by atoms with E-state index in [1.807, 2.05) is 0 Å². The molecule has 0 fully saturated rings. The molecule has 136 valence electrons. The van der Waals surface area contributed by atoms with Crippen molar-refractivity contribution in [3.8, 4) is 0 Å². The van der Waals surface area contributed by atoms with E-state index in [9.17, 15) is 24.0 Å². The van der Waals surface area contributed by atoms with Gasteiger partial charge in [-0.15, -0.1) is 0 Å². The van der Waals surface area contributed by atoms with Crippen LogP contribution in [0.25, 0.3) is 0 Å². The summed E-state index contributed by atoms with van der Waals surface area (Å²) in [5, 5.41) is 7.60. The fraction of sp³-hybridized carbons (Fsp3) is 0.667. The number of rotatable bonds is 12. The molecule has 0 aliphatic rings. The Bertz CT molecular complexity index is 467. The predicted molar refractivity (Wildman–Crippen MR) is 86.6 cm³/mol. The first-order chi connectivity index (χ1) is 11.3. The molecule has 5 N–H and O–H groups in total. The SMILES string of the molecule is CC(=O)NCCCC[C@@H](C=O)NC(=O)[C@H](CCC(N)=O)NC(C)=O. The summed E-state index contributed by atoms with van der Waals surface area (Å²) in [5.74, 6) is -1.66. The third-order valence-electron chi connectivity index (χ3n) is 3.18. The minimum absolute atomic E-state index is 0.0547. The minimum Gasteiger partial charge on any atom is -0.370 e. The van der Waals surface area contributed by atoms with Crippen LogP contribution in [0.4, 0.5) is 0 Å². The first-order valence-corrected chi connectivity index (χ1v) is 7.81. The second-order valence-corrected chi connectivity index (χ2v) is 5.49. The Morgan fingerprint density at radius 3 is 2.17 bits per heavy atom. The number of primary amides is 1. The molecule has 0 radical (unpaired) electrons. The Labute approximate surface area is 141 Å². The van der Waals surface area contributed by atoms with Gasteiger partial charge in [-0.2, -0.15) is 0 Å². The molecule has 0 heterocycles. The highest BCUT2D eigenvalue weighted by atomic mass is 16.2. The number of nitrogens with one attached hydrogen (secondary N) is 3. The largest absolute Gasteiger partial charge is 0.370 e. The molecule has 0 aromatic heterocycles. The second kappa shape index (κ2) is 12.0. The van der Waals surface area contributed by atoms with E-state index in [4.69, 9.17) is 5.73 Å². The third-order valence-corrected chi connectivity index (χ3v) is 3.18. The molecule has 4 amide bonds. The highest BCUT2D eigenvalue weighted by Crippen LogP contribution is 2.02. The first-order valence-electron chi connectivity index (χ1n) is 7.81. The number of unbranched alkanes of at least 4 members (excludes halogenated alkanes) is 1. The zero-order valence-electron chi connectivity index (χ0n) is 14.1. The smallest absolute Gasteiger partial charge is 0.243 e. The Morgan fingerprint density at radius 2 is 1.67 bits per heavy atom. The van der Waals surface area contributed by atoms with Gasteiger partial charge in [0.15, 0.2) is 0 Å². The van der Waals surface area contributed by atoms with E-state index < -0.39 is 29.8 Å². The summed E-state index contributed by atoms with van der Waals surface area (Å²) in [6.45, 7) is 3.18.